The molecule has 2 rings (SSSR count). The van der Waals surface area contributed by atoms with Crippen LogP contribution in [0.3, 0.4) is 0 Å². The molecule has 5 heteroatoms. The van der Waals surface area contributed by atoms with Crippen LogP contribution in [0.4, 0.5) is 0 Å². The largest absolute Gasteiger partial charge is 0.483 e. The van der Waals surface area contributed by atoms with Crippen molar-refractivity contribution < 1.29 is 9.53 Å². The van der Waals surface area contributed by atoms with E-state index >= 15 is 0 Å². The molecule has 0 unspecified atom stereocenters. The van der Waals surface area contributed by atoms with Crippen molar-refractivity contribution in [3.05, 3.63) is 64.1 Å². The standard InChI is InChI=1S/C13H12N2O3/c14-13(17)11-12(10(16)6-7-15-11)18-8-9-4-2-1-3-5-9/h1-7H,8H2,(H2,14,17)(H,15,16). The Morgan fingerprint density at radius 3 is 2.61 bits per heavy atom. The monoisotopic (exact) mass is 244 g/mol. The summed E-state index contributed by atoms with van der Waals surface area (Å²) in [5.74, 6) is -0.774. The van der Waals surface area contributed by atoms with E-state index < -0.39 is 5.91 Å². The average Bonchev–Trinajstić information content (AvgIpc) is 2.38. The molecule has 5 nitrogen and oxygen atoms in total. The quantitative estimate of drug-likeness (QED) is 0.843. The van der Waals surface area contributed by atoms with Crippen molar-refractivity contribution >= 4 is 5.91 Å². The van der Waals surface area contributed by atoms with E-state index in [0.29, 0.717) is 0 Å². The van der Waals surface area contributed by atoms with Crippen LogP contribution in [0.25, 0.3) is 0 Å². The van der Waals surface area contributed by atoms with E-state index in [1.165, 1.54) is 12.3 Å². The van der Waals surface area contributed by atoms with Crippen LogP contribution in [0.1, 0.15) is 16.1 Å². The number of pyridine rings is 1. The first kappa shape index (κ1) is 11.9. The van der Waals surface area contributed by atoms with Gasteiger partial charge in [-0.05, 0) is 5.56 Å². The Morgan fingerprint density at radius 2 is 1.94 bits per heavy atom. The zero-order valence-electron chi connectivity index (χ0n) is 9.55. The molecule has 0 atom stereocenters. The van der Waals surface area contributed by atoms with Gasteiger partial charge in [-0.1, -0.05) is 30.3 Å². The van der Waals surface area contributed by atoms with Crippen LogP contribution in [0.15, 0.2) is 47.4 Å². The minimum atomic E-state index is -0.726. The zero-order valence-corrected chi connectivity index (χ0v) is 9.55. The van der Waals surface area contributed by atoms with Gasteiger partial charge in [0.05, 0.1) is 0 Å². The van der Waals surface area contributed by atoms with E-state index in [-0.39, 0.29) is 23.5 Å². The van der Waals surface area contributed by atoms with Gasteiger partial charge in [-0.15, -0.1) is 0 Å². The predicted molar refractivity (Wildman–Crippen MR) is 66.4 cm³/mol. The predicted octanol–water partition coefficient (Wildman–Crippen LogP) is 1.05. The number of primary amides is 1. The number of amides is 1. The normalized spacial score (nSPS) is 10.0. The van der Waals surface area contributed by atoms with Crippen molar-refractivity contribution in [3.8, 4) is 5.75 Å². The number of carbonyl (C=O) groups is 1. The van der Waals surface area contributed by atoms with Crippen molar-refractivity contribution in [2.45, 2.75) is 6.61 Å². The summed E-state index contributed by atoms with van der Waals surface area (Å²) in [6.07, 6.45) is 1.36. The van der Waals surface area contributed by atoms with Gasteiger partial charge in [0.15, 0.2) is 11.4 Å². The highest BCUT2D eigenvalue weighted by Gasteiger charge is 2.13. The molecule has 18 heavy (non-hydrogen) atoms. The van der Waals surface area contributed by atoms with Gasteiger partial charge >= 0.3 is 0 Å². The second kappa shape index (κ2) is 5.18. The number of ether oxygens (including phenoxy) is 1. The number of hydrogen-bond donors (Lipinski definition) is 2. The number of rotatable bonds is 4. The summed E-state index contributed by atoms with van der Waals surface area (Å²) < 4.78 is 5.37. The maximum Gasteiger partial charge on any atom is 0.269 e. The number of nitrogens with two attached hydrogens (primary N) is 1. The Labute approximate surface area is 103 Å². The molecule has 1 amide bonds. The number of H-pyrrole nitrogens is 1. The summed E-state index contributed by atoms with van der Waals surface area (Å²) in [6.45, 7) is 0.203. The maximum atomic E-state index is 11.6. The average molecular weight is 244 g/mol. The van der Waals surface area contributed by atoms with E-state index in [1.54, 1.807) is 0 Å². The summed E-state index contributed by atoms with van der Waals surface area (Å²) in [5, 5.41) is 0. The molecule has 92 valence electrons. The topological polar surface area (TPSA) is 85.2 Å². The third-order valence-electron chi connectivity index (χ3n) is 2.39. The Balaban J connectivity index is 2.24. The number of benzene rings is 1. The lowest BCUT2D eigenvalue weighted by Gasteiger charge is -2.08. The lowest BCUT2D eigenvalue weighted by atomic mass is 10.2. The van der Waals surface area contributed by atoms with E-state index in [4.69, 9.17) is 10.5 Å². The summed E-state index contributed by atoms with van der Waals surface area (Å²) in [7, 11) is 0. The molecule has 0 saturated carbocycles. The highest BCUT2D eigenvalue weighted by molar-refractivity contribution is 5.93. The molecule has 0 aliphatic rings. The summed E-state index contributed by atoms with van der Waals surface area (Å²) in [6, 6.07) is 10.6. The molecule has 0 spiro atoms. The number of aromatic nitrogens is 1. The molecule has 1 aromatic heterocycles. The van der Waals surface area contributed by atoms with Gasteiger partial charge in [-0.25, -0.2) is 0 Å². The van der Waals surface area contributed by atoms with E-state index in [0.717, 1.165) is 5.56 Å². The van der Waals surface area contributed by atoms with Crippen LogP contribution in [-0.4, -0.2) is 10.9 Å². The highest BCUT2D eigenvalue weighted by Crippen LogP contribution is 2.11. The Hall–Kier alpha value is -2.56. The Bertz CT molecular complexity index is 605. The van der Waals surface area contributed by atoms with E-state index in [9.17, 15) is 9.59 Å². The zero-order chi connectivity index (χ0) is 13.0. The molecule has 0 aliphatic carbocycles. The van der Waals surface area contributed by atoms with Crippen LogP contribution in [0, 0.1) is 0 Å². The highest BCUT2D eigenvalue weighted by atomic mass is 16.5. The molecule has 0 fully saturated rings. The minimum absolute atomic E-state index is 0.0153. The van der Waals surface area contributed by atoms with Gasteiger partial charge in [0, 0.05) is 12.3 Å². The molecule has 1 heterocycles. The van der Waals surface area contributed by atoms with Crippen LogP contribution >= 0.6 is 0 Å². The molecular formula is C13H12N2O3. The lowest BCUT2D eigenvalue weighted by Crippen LogP contribution is -2.19. The van der Waals surface area contributed by atoms with Crippen LogP contribution in [-0.2, 0) is 6.61 Å². The fourth-order valence-corrected chi connectivity index (χ4v) is 1.52. The number of carbonyl (C=O) groups excluding carboxylic acids is 1. The molecule has 1 aromatic carbocycles. The van der Waals surface area contributed by atoms with Crippen molar-refractivity contribution in [2.75, 3.05) is 0 Å². The van der Waals surface area contributed by atoms with Gasteiger partial charge in [0.25, 0.3) is 5.91 Å². The Morgan fingerprint density at radius 1 is 1.22 bits per heavy atom. The SMILES string of the molecule is NC(=O)c1[nH]ccc(=O)c1OCc1ccccc1. The molecule has 0 bridgehead atoms. The van der Waals surface area contributed by atoms with Crippen LogP contribution in [0.2, 0.25) is 0 Å². The van der Waals surface area contributed by atoms with E-state index in [2.05, 4.69) is 4.98 Å². The maximum absolute atomic E-state index is 11.6. The molecule has 3 N–H and O–H groups in total. The summed E-state index contributed by atoms with van der Waals surface area (Å²) >= 11 is 0. The van der Waals surface area contributed by atoms with Crippen LogP contribution < -0.4 is 15.9 Å². The fourth-order valence-electron chi connectivity index (χ4n) is 1.52. The molecule has 2 aromatic rings. The van der Waals surface area contributed by atoms with Crippen molar-refractivity contribution in [3.63, 3.8) is 0 Å². The third kappa shape index (κ3) is 2.57. The smallest absolute Gasteiger partial charge is 0.269 e. The van der Waals surface area contributed by atoms with Gasteiger partial charge in [0.1, 0.15) is 6.61 Å². The number of nitrogens with one attached hydrogen (secondary N) is 1. The van der Waals surface area contributed by atoms with Gasteiger partial charge in [0.2, 0.25) is 5.43 Å². The fraction of sp³-hybridized carbons (Fsp3) is 0.0769. The second-order valence-electron chi connectivity index (χ2n) is 3.68. The van der Waals surface area contributed by atoms with Crippen molar-refractivity contribution in [1.82, 2.24) is 4.98 Å². The number of hydrogen-bond acceptors (Lipinski definition) is 3. The molecular weight excluding hydrogens is 232 g/mol. The van der Waals surface area contributed by atoms with E-state index in [1.807, 2.05) is 30.3 Å². The first-order valence-corrected chi connectivity index (χ1v) is 5.36. The van der Waals surface area contributed by atoms with Crippen molar-refractivity contribution in [2.24, 2.45) is 5.73 Å². The Kier molecular flexibility index (Phi) is 3.43. The lowest BCUT2D eigenvalue weighted by molar-refractivity contribution is 0.0990. The second-order valence-corrected chi connectivity index (χ2v) is 3.68. The van der Waals surface area contributed by atoms with Crippen molar-refractivity contribution in [1.29, 1.82) is 0 Å². The van der Waals surface area contributed by atoms with Crippen LogP contribution in [0.5, 0.6) is 5.75 Å². The molecule has 0 radical (unpaired) electrons. The van der Waals surface area contributed by atoms with Gasteiger partial charge in [-0.2, -0.15) is 0 Å². The first-order chi connectivity index (χ1) is 8.68. The summed E-state index contributed by atoms with van der Waals surface area (Å²) in [4.78, 5) is 25.4. The third-order valence-corrected chi connectivity index (χ3v) is 2.39. The minimum Gasteiger partial charge on any atom is -0.483 e. The summed E-state index contributed by atoms with van der Waals surface area (Å²) in [5.41, 5.74) is 5.67. The molecule has 0 aliphatic heterocycles. The van der Waals surface area contributed by atoms with Gasteiger partial charge < -0.3 is 15.5 Å². The van der Waals surface area contributed by atoms with Gasteiger partial charge in [-0.3, -0.25) is 9.59 Å². The molecule has 0 saturated heterocycles. The first-order valence-electron chi connectivity index (χ1n) is 5.36. The number of aromatic amines is 1.